The number of fused-ring (bicyclic) bond motifs is 10. The predicted molar refractivity (Wildman–Crippen MR) is 376 cm³/mol. The maximum absolute atomic E-state index is 4.18. The first-order valence-electron chi connectivity index (χ1n) is 28.7. The second-order valence-corrected chi connectivity index (χ2v) is 21.9. The Morgan fingerprint density at radius 2 is 0.859 bits per heavy atom. The van der Waals surface area contributed by atoms with Gasteiger partial charge in [-0.1, -0.05) is 140 Å². The topological polar surface area (TPSA) is 199 Å². The fraction of sp³-hybridized carbons (Fsp3) is 0. The highest BCUT2D eigenvalue weighted by Crippen LogP contribution is 2.15. The van der Waals surface area contributed by atoms with E-state index in [0.717, 1.165) is 54.5 Å². The quantitative estimate of drug-likeness (QED) is 0.146. The maximum atomic E-state index is 4.18. The van der Waals surface area contributed by atoms with Crippen molar-refractivity contribution >= 4 is 125 Å². The van der Waals surface area contributed by atoms with Crippen LogP contribution in [0.2, 0.25) is 0 Å². The van der Waals surface area contributed by atoms with Gasteiger partial charge in [0.15, 0.2) is 4.96 Å². The van der Waals surface area contributed by atoms with Crippen molar-refractivity contribution in [3.8, 4) is 0 Å². The van der Waals surface area contributed by atoms with Gasteiger partial charge in [0.1, 0.15) is 26.3 Å². The average molecular weight is 1260 g/mol. The summed E-state index contributed by atoms with van der Waals surface area (Å²) in [5.41, 5.74) is 6.69. The van der Waals surface area contributed by atoms with Crippen LogP contribution in [0.3, 0.4) is 0 Å². The Kier molecular flexibility index (Phi) is 22.3. The number of nitrogens with zero attached hydrogens (tertiary/aromatic N) is 15. The molecule has 20 aromatic rings. The molecule has 0 atom stereocenters. The number of hydrogen-bond donors (Lipinski definition) is 2. The van der Waals surface area contributed by atoms with Crippen molar-refractivity contribution in [2.75, 3.05) is 0 Å². The van der Waals surface area contributed by atoms with Gasteiger partial charge in [0.2, 0.25) is 0 Å². The van der Waals surface area contributed by atoms with Crippen molar-refractivity contribution in [1.82, 2.24) is 83.9 Å². The second-order valence-electron chi connectivity index (χ2n) is 19.2. The molecule has 7 aromatic carbocycles. The molecule has 0 unspecified atom stereocenters. The van der Waals surface area contributed by atoms with Gasteiger partial charge in [-0.25, -0.2) is 19.5 Å². The molecule has 0 aliphatic rings. The van der Waals surface area contributed by atoms with Crippen molar-refractivity contribution < 1.29 is 0 Å². The van der Waals surface area contributed by atoms with Gasteiger partial charge in [0, 0.05) is 107 Å². The molecule has 0 saturated heterocycles. The molecule has 0 radical (unpaired) electrons. The van der Waals surface area contributed by atoms with Crippen LogP contribution in [0.4, 0.5) is 0 Å². The van der Waals surface area contributed by atoms with Crippen LogP contribution in [0.15, 0.2) is 334 Å². The van der Waals surface area contributed by atoms with E-state index in [4.69, 9.17) is 0 Å². The molecule has 0 saturated carbocycles. The third-order valence-corrected chi connectivity index (χ3v) is 15.6. The molecule has 20 heteroatoms. The summed E-state index contributed by atoms with van der Waals surface area (Å²) < 4.78 is 5.83. The summed E-state index contributed by atoms with van der Waals surface area (Å²) in [7, 11) is 0. The summed E-state index contributed by atoms with van der Waals surface area (Å²) in [6, 6.07) is 72.3. The molecule has 17 nitrogen and oxygen atoms in total. The highest BCUT2D eigenvalue weighted by Gasteiger charge is 1.95. The van der Waals surface area contributed by atoms with E-state index in [-0.39, 0.29) is 0 Å². The number of aromatic amines is 2. The Labute approximate surface area is 539 Å². The molecule has 0 aliphatic carbocycles. The van der Waals surface area contributed by atoms with Crippen molar-refractivity contribution in [3.05, 3.63) is 334 Å². The number of aromatic nitrogens is 17. The van der Waals surface area contributed by atoms with Crippen molar-refractivity contribution in [2.24, 2.45) is 0 Å². The van der Waals surface area contributed by atoms with Gasteiger partial charge in [-0.15, -0.1) is 34.0 Å². The van der Waals surface area contributed by atoms with Crippen LogP contribution in [-0.2, 0) is 0 Å². The molecular weight excluding hydrogens is 1200 g/mol. The summed E-state index contributed by atoms with van der Waals surface area (Å²) in [5.74, 6) is 0. The van der Waals surface area contributed by atoms with Crippen molar-refractivity contribution in [3.63, 3.8) is 0 Å². The number of rotatable bonds is 0. The van der Waals surface area contributed by atoms with Crippen LogP contribution in [0, 0.1) is 0 Å². The van der Waals surface area contributed by atoms with Gasteiger partial charge < -0.3 is 4.98 Å². The van der Waals surface area contributed by atoms with Gasteiger partial charge in [-0.2, -0.15) is 30.7 Å². The summed E-state index contributed by atoms with van der Waals surface area (Å²) in [5, 5.41) is 36.6. The average Bonchev–Trinajstić information content (AvgIpc) is 3.62. The predicted octanol–water partition coefficient (Wildman–Crippen LogP) is 17.3. The van der Waals surface area contributed by atoms with E-state index in [0.29, 0.717) is 0 Å². The van der Waals surface area contributed by atoms with Gasteiger partial charge in [0.05, 0.1) is 47.0 Å². The number of hydrogen-bond acceptors (Lipinski definition) is 15. The van der Waals surface area contributed by atoms with Crippen LogP contribution >= 0.6 is 34.0 Å². The number of pyridine rings is 3. The largest absolute Gasteiger partial charge is 0.346 e. The van der Waals surface area contributed by atoms with Crippen LogP contribution < -0.4 is 0 Å². The summed E-state index contributed by atoms with van der Waals surface area (Å²) in [6.07, 6.45) is 29.4. The molecule has 0 fully saturated rings. The lowest BCUT2D eigenvalue weighted by atomic mass is 10.1. The van der Waals surface area contributed by atoms with Crippen molar-refractivity contribution in [2.45, 2.75) is 0 Å². The Bertz CT molecular complexity index is 4250. The van der Waals surface area contributed by atoms with E-state index >= 15 is 0 Å². The SMILES string of the molecule is c1cc2sccn2n1.c1ccc2ccccc2c1.c1ccc2cnccc2c1.c1ccc2n[nH]nc2c1.c1ccc2ncccc2c1.c1ccc2nccnc2c1.c1ccc2nnccc2c1.c1cn2ccsc2n1.c1cn2cncc2s1.c1cnc2[nH]ccc2c1. The maximum Gasteiger partial charge on any atom is 0.193 e. The zero-order valence-electron chi connectivity index (χ0n) is 49.2. The fourth-order valence-electron chi connectivity index (χ4n) is 8.67. The Morgan fingerprint density at radius 1 is 0.326 bits per heavy atom. The first-order chi connectivity index (χ1) is 45.7. The first kappa shape index (κ1) is 61.5. The minimum absolute atomic E-state index is 0.914. The van der Waals surface area contributed by atoms with Gasteiger partial charge in [-0.05, 0) is 100 Å². The second kappa shape index (κ2) is 33.3. The fourth-order valence-corrected chi connectivity index (χ4v) is 10.7. The van der Waals surface area contributed by atoms with Crippen molar-refractivity contribution in [1.29, 1.82) is 0 Å². The van der Waals surface area contributed by atoms with Crippen LogP contribution in [-0.4, -0.2) is 83.9 Å². The number of para-hydroxylation sites is 5. The minimum atomic E-state index is 0.914. The molecule has 0 spiro atoms. The molecule has 0 bridgehead atoms. The molecular formula is C72H57N17S3. The van der Waals surface area contributed by atoms with Crippen LogP contribution in [0.5, 0.6) is 0 Å². The molecule has 92 heavy (non-hydrogen) atoms. The Morgan fingerprint density at radius 3 is 1.50 bits per heavy atom. The summed E-state index contributed by atoms with van der Waals surface area (Å²) >= 11 is 5.03. The number of benzene rings is 7. The normalized spacial score (nSPS) is 10.2. The smallest absolute Gasteiger partial charge is 0.193 e. The summed E-state index contributed by atoms with van der Waals surface area (Å²) in [6.45, 7) is 0. The number of H-pyrrole nitrogens is 2. The monoisotopic (exact) mass is 1260 g/mol. The standard InChI is InChI=1S/C10H8.2C9H7N.2C8H6N2.C7H6N2.C6H5N3.3C5H4N2S/c1-2-6-10-8-4-3-7-9(10)5-1;1-2-6-9-8(4-1)5-3-7-10-9;1-2-4-9-7-10-6-5-8(9)3-1;1-2-4-8-7(3-1)9-5-6-10-8;1-2-4-8-7(3-1)5-6-9-10-8;1-2-6-3-5-9-7(6)8-4-1;1-2-4-6-5(3-1)7-9-8-6;1-2-8-5-3-6-4-7(1)5;1-2-7-3-4-8-5(7)6-1;1-2-6-7-3-4-8-5(1)7/h1-8H;2*1-7H;2*1-6H;1-5H,(H,8,9);1-4H,(H,7,8,9);3*1-4H. The van der Waals surface area contributed by atoms with Gasteiger partial charge in [0.25, 0.3) is 0 Å². The lowest BCUT2D eigenvalue weighted by Crippen LogP contribution is -1.79. The van der Waals surface area contributed by atoms with E-state index in [1.807, 2.05) is 231 Å². The third-order valence-electron chi connectivity index (χ3n) is 13.2. The zero-order chi connectivity index (χ0) is 62.5. The molecule has 0 amide bonds. The molecule has 20 rings (SSSR count). The lowest BCUT2D eigenvalue weighted by Gasteiger charge is -1.92. The third kappa shape index (κ3) is 18.0. The molecule has 448 valence electrons. The highest BCUT2D eigenvalue weighted by molar-refractivity contribution is 7.16. The van der Waals surface area contributed by atoms with Gasteiger partial charge in [-0.3, -0.25) is 28.7 Å². The minimum Gasteiger partial charge on any atom is -0.346 e. The van der Waals surface area contributed by atoms with Gasteiger partial charge >= 0.3 is 0 Å². The van der Waals surface area contributed by atoms with E-state index in [1.165, 1.54) is 36.6 Å². The molecule has 13 aromatic heterocycles. The Balaban J connectivity index is 0.000000105. The van der Waals surface area contributed by atoms with E-state index in [2.05, 4.69) is 143 Å². The summed E-state index contributed by atoms with van der Waals surface area (Å²) in [4.78, 5) is 35.0. The molecule has 2 N–H and O–H groups in total. The molecule has 0 aliphatic heterocycles. The lowest BCUT2D eigenvalue weighted by molar-refractivity contribution is 0.959. The van der Waals surface area contributed by atoms with E-state index < -0.39 is 0 Å². The first-order valence-corrected chi connectivity index (χ1v) is 31.4. The number of nitrogens with one attached hydrogen (secondary N) is 2. The van der Waals surface area contributed by atoms with E-state index in [9.17, 15) is 0 Å². The number of imidazole rings is 2. The zero-order valence-corrected chi connectivity index (χ0v) is 51.6. The van der Waals surface area contributed by atoms with Crippen LogP contribution in [0.1, 0.15) is 0 Å². The molecule has 13 heterocycles. The van der Waals surface area contributed by atoms with E-state index in [1.54, 1.807) is 77.5 Å². The number of thiazole rings is 3. The van der Waals surface area contributed by atoms with Crippen LogP contribution in [0.25, 0.3) is 91.1 Å². The Hall–Kier alpha value is -12.1. The highest BCUT2D eigenvalue weighted by atomic mass is 32.1.